The number of imidazole rings is 1. The predicted molar refractivity (Wildman–Crippen MR) is 149 cm³/mol. The summed E-state index contributed by atoms with van der Waals surface area (Å²) in [5.41, 5.74) is 4.67. The number of carbonyl (C=O) groups is 1. The highest BCUT2D eigenvalue weighted by Gasteiger charge is 2.17. The Morgan fingerprint density at radius 2 is 1.87 bits per heavy atom. The number of aromatic nitrogens is 4. The van der Waals surface area contributed by atoms with E-state index < -0.39 is 0 Å². The number of fused-ring (bicyclic) bond motifs is 1. The first kappa shape index (κ1) is 25.3. The lowest BCUT2D eigenvalue weighted by molar-refractivity contribution is 0.102. The molecule has 0 aliphatic heterocycles. The summed E-state index contributed by atoms with van der Waals surface area (Å²) < 4.78 is 12.1. The molecule has 194 valence electrons. The first-order valence-corrected chi connectivity index (χ1v) is 12.4. The van der Waals surface area contributed by atoms with Gasteiger partial charge in [0.2, 0.25) is 0 Å². The molecule has 2 heterocycles. The smallest absolute Gasteiger partial charge is 0.256 e. The minimum absolute atomic E-state index is 0.319. The van der Waals surface area contributed by atoms with Crippen LogP contribution in [-0.4, -0.2) is 53.0 Å². The van der Waals surface area contributed by atoms with E-state index in [2.05, 4.69) is 20.7 Å². The summed E-state index contributed by atoms with van der Waals surface area (Å²) in [5.74, 6) is 1.51. The molecule has 0 aliphatic rings. The molecule has 5 rings (SSSR count). The lowest BCUT2D eigenvalue weighted by Gasteiger charge is -2.09. The third-order valence-corrected chi connectivity index (χ3v) is 6.31. The highest BCUT2D eigenvalue weighted by Crippen LogP contribution is 2.26. The van der Waals surface area contributed by atoms with Gasteiger partial charge in [-0.05, 0) is 48.0 Å². The number of benzene rings is 3. The second-order valence-electron chi connectivity index (χ2n) is 8.59. The number of nitrogens with zero attached hydrogens (tertiary/aromatic N) is 3. The van der Waals surface area contributed by atoms with Crippen molar-refractivity contribution in [2.75, 3.05) is 38.0 Å². The molecule has 0 fully saturated rings. The highest BCUT2D eigenvalue weighted by atomic mass is 35.5. The van der Waals surface area contributed by atoms with E-state index in [1.807, 2.05) is 53.2 Å². The lowest BCUT2D eigenvalue weighted by atomic mass is 10.2. The molecule has 0 atom stereocenters. The van der Waals surface area contributed by atoms with E-state index in [-0.39, 0.29) is 5.91 Å². The molecule has 2 aromatic heterocycles. The summed E-state index contributed by atoms with van der Waals surface area (Å²) in [6.07, 6.45) is 0. The van der Waals surface area contributed by atoms with Gasteiger partial charge in [-0.2, -0.15) is 5.10 Å². The Labute approximate surface area is 224 Å². The number of halogens is 1. The van der Waals surface area contributed by atoms with Crippen LogP contribution in [-0.2, 0) is 11.3 Å². The number of hydrogen-bond donors (Lipinski definition) is 3. The number of hydrogen-bond acceptors (Lipinski definition) is 6. The van der Waals surface area contributed by atoms with Gasteiger partial charge in [0, 0.05) is 25.3 Å². The van der Waals surface area contributed by atoms with Gasteiger partial charge >= 0.3 is 0 Å². The lowest BCUT2D eigenvalue weighted by Crippen LogP contribution is -2.13. The van der Waals surface area contributed by atoms with Crippen LogP contribution >= 0.6 is 11.6 Å². The Balaban J connectivity index is 1.42. The summed E-state index contributed by atoms with van der Waals surface area (Å²) in [4.78, 5) is 21.2. The van der Waals surface area contributed by atoms with Crippen molar-refractivity contribution in [2.45, 2.75) is 6.54 Å². The Morgan fingerprint density at radius 3 is 2.61 bits per heavy atom. The van der Waals surface area contributed by atoms with Gasteiger partial charge < -0.3 is 25.1 Å². The summed E-state index contributed by atoms with van der Waals surface area (Å²) in [5, 5.41) is 11.2. The number of nitrogens with one attached hydrogen (secondary N) is 3. The van der Waals surface area contributed by atoms with Gasteiger partial charge in [0.25, 0.3) is 5.91 Å². The Kier molecular flexibility index (Phi) is 7.57. The average molecular weight is 531 g/mol. The molecular weight excluding hydrogens is 504 g/mol. The molecule has 0 saturated heterocycles. The molecule has 38 heavy (non-hydrogen) atoms. The predicted octanol–water partition coefficient (Wildman–Crippen LogP) is 5.45. The summed E-state index contributed by atoms with van der Waals surface area (Å²) >= 11 is 6.39. The van der Waals surface area contributed by atoms with Gasteiger partial charge in [0.1, 0.15) is 11.4 Å². The van der Waals surface area contributed by atoms with Crippen LogP contribution in [0.5, 0.6) is 5.75 Å². The Morgan fingerprint density at radius 1 is 1.05 bits per heavy atom. The van der Waals surface area contributed by atoms with Crippen LogP contribution in [0.2, 0.25) is 5.02 Å². The fourth-order valence-corrected chi connectivity index (χ4v) is 4.29. The average Bonchev–Trinajstić information content (AvgIpc) is 3.53. The molecule has 9 nitrogen and oxygen atoms in total. The number of carbonyl (C=O) groups excluding carboxylic acids is 1. The van der Waals surface area contributed by atoms with E-state index >= 15 is 0 Å². The summed E-state index contributed by atoms with van der Waals surface area (Å²) in [7, 11) is 3.27. The third-order valence-electron chi connectivity index (χ3n) is 6.00. The van der Waals surface area contributed by atoms with E-state index in [4.69, 9.17) is 26.1 Å². The maximum atomic E-state index is 13.1. The molecule has 0 radical (unpaired) electrons. The van der Waals surface area contributed by atoms with E-state index in [0.29, 0.717) is 41.9 Å². The molecule has 0 spiro atoms. The van der Waals surface area contributed by atoms with Crippen molar-refractivity contribution in [1.29, 1.82) is 0 Å². The molecule has 0 saturated carbocycles. The van der Waals surface area contributed by atoms with E-state index in [1.54, 1.807) is 38.5 Å². The van der Waals surface area contributed by atoms with Crippen molar-refractivity contribution in [2.24, 2.45) is 0 Å². The van der Waals surface area contributed by atoms with Gasteiger partial charge in [-0.15, -0.1) is 0 Å². The first-order chi connectivity index (χ1) is 18.5. The minimum Gasteiger partial charge on any atom is -0.497 e. The fraction of sp³-hybridized carbons (Fsp3) is 0.179. The quantitative estimate of drug-likeness (QED) is 0.207. The highest BCUT2D eigenvalue weighted by molar-refractivity contribution is 6.33. The zero-order valence-electron chi connectivity index (χ0n) is 21.0. The zero-order valence-corrected chi connectivity index (χ0v) is 21.7. The standard InChI is InChI=1S/C28H27ClN6O3/c1-37-14-13-30-22-12-9-19(15-21(22)29)28(36)33-26-16-25(27-31-23-5-3-4-6-24(23)32-27)35(34-26)17-18-7-10-20(38-2)11-8-18/h3-12,15-16,30H,13-14,17H2,1-2H3,(H,31,32)(H,33,34,36). The molecule has 10 heteroatoms. The maximum absolute atomic E-state index is 13.1. The number of aromatic amines is 1. The number of methoxy groups -OCH3 is 2. The van der Waals surface area contributed by atoms with Crippen molar-refractivity contribution < 1.29 is 14.3 Å². The Bertz CT molecular complexity index is 1530. The second-order valence-corrected chi connectivity index (χ2v) is 9.00. The van der Waals surface area contributed by atoms with Crippen molar-refractivity contribution in [3.8, 4) is 17.3 Å². The van der Waals surface area contributed by atoms with E-state index in [9.17, 15) is 4.79 Å². The van der Waals surface area contributed by atoms with Crippen molar-refractivity contribution in [3.05, 3.63) is 88.9 Å². The van der Waals surface area contributed by atoms with Crippen LogP contribution in [0.1, 0.15) is 15.9 Å². The van der Waals surface area contributed by atoms with Crippen LogP contribution in [0.4, 0.5) is 11.5 Å². The van der Waals surface area contributed by atoms with Crippen LogP contribution in [0.3, 0.4) is 0 Å². The van der Waals surface area contributed by atoms with E-state index in [0.717, 1.165) is 33.7 Å². The number of H-pyrrole nitrogens is 1. The third kappa shape index (κ3) is 5.64. The van der Waals surface area contributed by atoms with Crippen molar-refractivity contribution in [3.63, 3.8) is 0 Å². The Hall–Kier alpha value is -4.34. The number of ether oxygens (including phenoxy) is 2. The second kappa shape index (κ2) is 11.4. The molecule has 3 N–H and O–H groups in total. The van der Waals surface area contributed by atoms with Crippen molar-refractivity contribution >= 4 is 40.0 Å². The van der Waals surface area contributed by atoms with Crippen LogP contribution in [0, 0.1) is 0 Å². The van der Waals surface area contributed by atoms with Gasteiger partial charge in [-0.3, -0.25) is 9.48 Å². The molecule has 3 aromatic carbocycles. The number of anilines is 2. The fourth-order valence-electron chi connectivity index (χ4n) is 4.04. The van der Waals surface area contributed by atoms with Crippen LogP contribution in [0.15, 0.2) is 72.8 Å². The largest absolute Gasteiger partial charge is 0.497 e. The van der Waals surface area contributed by atoms with Crippen LogP contribution in [0.25, 0.3) is 22.6 Å². The molecule has 5 aromatic rings. The topological polar surface area (TPSA) is 106 Å². The summed E-state index contributed by atoms with van der Waals surface area (Å²) in [6, 6.07) is 22.5. The van der Waals surface area contributed by atoms with E-state index in [1.165, 1.54) is 0 Å². The normalized spacial score (nSPS) is 11.0. The number of amides is 1. The minimum atomic E-state index is -0.319. The monoisotopic (exact) mass is 530 g/mol. The molecule has 1 amide bonds. The van der Waals surface area contributed by atoms with Gasteiger partial charge in [-0.1, -0.05) is 35.9 Å². The van der Waals surface area contributed by atoms with Gasteiger partial charge in [0.05, 0.1) is 42.0 Å². The zero-order chi connectivity index (χ0) is 26.5. The maximum Gasteiger partial charge on any atom is 0.256 e. The molecule has 0 aliphatic carbocycles. The van der Waals surface area contributed by atoms with Crippen molar-refractivity contribution in [1.82, 2.24) is 19.7 Å². The first-order valence-electron chi connectivity index (χ1n) is 12.0. The van der Waals surface area contributed by atoms with Gasteiger partial charge in [0.15, 0.2) is 11.6 Å². The molecule has 0 unspecified atom stereocenters. The van der Waals surface area contributed by atoms with Gasteiger partial charge in [-0.25, -0.2) is 4.98 Å². The number of rotatable bonds is 10. The molecule has 0 bridgehead atoms. The summed E-state index contributed by atoms with van der Waals surface area (Å²) in [6.45, 7) is 1.63. The number of para-hydroxylation sites is 2. The van der Waals surface area contributed by atoms with Crippen LogP contribution < -0.4 is 15.4 Å². The molecular formula is C28H27ClN6O3. The SMILES string of the molecule is COCCNc1ccc(C(=O)Nc2cc(-c3nc4ccccc4[nH]3)n(Cc3ccc(OC)cc3)n2)cc1Cl.